The molecule has 0 atom stereocenters. The molecule has 2 aromatic rings. The zero-order valence-electron chi connectivity index (χ0n) is 17.8. The molecule has 2 rings (SSSR count). The van der Waals surface area contributed by atoms with Gasteiger partial charge in [0.15, 0.2) is 0 Å². The van der Waals surface area contributed by atoms with Gasteiger partial charge in [0.2, 0.25) is 0 Å². The van der Waals surface area contributed by atoms with Crippen LogP contribution in [0.1, 0.15) is 20.7 Å². The van der Waals surface area contributed by atoms with Gasteiger partial charge in [-0.15, -0.1) is 0 Å². The van der Waals surface area contributed by atoms with Crippen molar-refractivity contribution >= 4 is 52.4 Å². The third-order valence-corrected chi connectivity index (χ3v) is 6.75. The Kier molecular flexibility index (Phi) is 13.6. The summed E-state index contributed by atoms with van der Waals surface area (Å²) in [5.41, 5.74) is -1.62. The van der Waals surface area contributed by atoms with E-state index in [9.17, 15) is 53.5 Å². The fraction of sp³-hybridized carbons (Fsp3) is 0. The van der Waals surface area contributed by atoms with Crippen LogP contribution in [0, 0.1) is 0 Å². The SMILES string of the molecule is O=C([O-])c1cc(S(=O)(=O)O)cc(S(=O)(=O)O)c1.O=C([O-])c1cc(S(=O)(=O)O)cc(S(=O)(=O)O)c1.[Na+].[Na+]. The first-order valence-electron chi connectivity index (χ1n) is 7.66. The van der Waals surface area contributed by atoms with E-state index in [1.807, 2.05) is 0 Å². The van der Waals surface area contributed by atoms with E-state index >= 15 is 0 Å². The number of rotatable bonds is 6. The van der Waals surface area contributed by atoms with E-state index in [4.69, 9.17) is 18.2 Å². The number of hydrogen-bond acceptors (Lipinski definition) is 12. The molecule has 0 heterocycles. The number of aromatic carboxylic acids is 2. The smallest absolute Gasteiger partial charge is 0.545 e. The maximum atomic E-state index is 10.8. The van der Waals surface area contributed by atoms with Crippen LogP contribution in [0.25, 0.3) is 0 Å². The molecule has 0 saturated heterocycles. The monoisotopic (exact) mass is 608 g/mol. The van der Waals surface area contributed by atoms with Gasteiger partial charge in [-0.25, -0.2) is 0 Å². The second kappa shape index (κ2) is 13.2. The van der Waals surface area contributed by atoms with Gasteiger partial charge in [-0.05, 0) is 47.5 Å². The van der Waals surface area contributed by atoms with Crippen LogP contribution in [0.2, 0.25) is 0 Å². The van der Waals surface area contributed by atoms with Crippen LogP contribution < -0.4 is 69.3 Å². The van der Waals surface area contributed by atoms with Gasteiger partial charge in [-0.3, -0.25) is 18.2 Å². The Morgan fingerprint density at radius 2 is 0.639 bits per heavy atom. The molecule has 0 amide bonds. The van der Waals surface area contributed by atoms with Crippen LogP contribution in [0.3, 0.4) is 0 Å². The first kappa shape index (κ1) is 37.2. The van der Waals surface area contributed by atoms with Crippen LogP contribution in [0.15, 0.2) is 56.0 Å². The van der Waals surface area contributed by atoms with E-state index < -0.39 is 83.1 Å². The Bertz CT molecular complexity index is 1370. The number of carbonyl (C=O) groups excluding carboxylic acids is 2. The predicted octanol–water partition coefficient (Wildman–Crippen LogP) is -8.91. The van der Waals surface area contributed by atoms with Crippen molar-refractivity contribution in [3.05, 3.63) is 47.5 Å². The minimum absolute atomic E-state index is 0. The minimum Gasteiger partial charge on any atom is -0.545 e. The Balaban J connectivity index is 0. The molecule has 0 aliphatic rings. The third kappa shape index (κ3) is 11.2. The van der Waals surface area contributed by atoms with Crippen molar-refractivity contribution in [2.75, 3.05) is 0 Å². The summed E-state index contributed by atoms with van der Waals surface area (Å²) in [6, 6.07) is 2.82. The summed E-state index contributed by atoms with van der Waals surface area (Å²) in [5, 5.41) is 21.0. The van der Waals surface area contributed by atoms with E-state index in [1.54, 1.807) is 0 Å². The Hall–Kier alpha value is -0.980. The fourth-order valence-corrected chi connectivity index (χ4v) is 4.33. The minimum atomic E-state index is -4.81. The zero-order valence-corrected chi connectivity index (χ0v) is 25.1. The van der Waals surface area contributed by atoms with Gasteiger partial charge in [-0.1, -0.05) is 0 Å². The summed E-state index contributed by atoms with van der Waals surface area (Å²) in [7, 11) is -19.2. The van der Waals surface area contributed by atoms with Crippen LogP contribution in [-0.2, 0) is 40.5 Å². The number of carboxylic acids is 2. The van der Waals surface area contributed by atoms with Crippen molar-refractivity contribution < 1.29 is 131 Å². The predicted molar refractivity (Wildman–Crippen MR) is 101 cm³/mol. The Morgan fingerprint density at radius 1 is 0.472 bits per heavy atom. The number of hydrogen-bond donors (Lipinski definition) is 4. The summed E-state index contributed by atoms with van der Waals surface area (Å²) in [5.74, 6) is -3.72. The quantitative estimate of drug-likeness (QED) is 0.175. The van der Waals surface area contributed by atoms with Gasteiger partial charge < -0.3 is 19.8 Å². The molecular formula is C14H10Na2O16S4. The van der Waals surface area contributed by atoms with Gasteiger partial charge in [0.25, 0.3) is 40.5 Å². The van der Waals surface area contributed by atoms with Gasteiger partial charge >= 0.3 is 59.1 Å². The van der Waals surface area contributed by atoms with Crippen molar-refractivity contribution in [3.8, 4) is 0 Å². The normalized spacial score (nSPS) is 11.7. The van der Waals surface area contributed by atoms with Crippen LogP contribution in [0.5, 0.6) is 0 Å². The van der Waals surface area contributed by atoms with Crippen molar-refractivity contribution in [1.29, 1.82) is 0 Å². The van der Waals surface area contributed by atoms with Gasteiger partial charge in [-0.2, -0.15) is 33.7 Å². The average molecular weight is 608 g/mol. The Morgan fingerprint density at radius 3 is 0.750 bits per heavy atom. The summed E-state index contributed by atoms with van der Waals surface area (Å²) >= 11 is 0. The molecule has 4 N–H and O–H groups in total. The molecule has 0 radical (unpaired) electrons. The number of carbonyl (C=O) groups is 2. The molecule has 188 valence electrons. The molecule has 22 heteroatoms. The molecule has 0 unspecified atom stereocenters. The van der Waals surface area contributed by atoms with E-state index in [0.29, 0.717) is 36.4 Å². The van der Waals surface area contributed by atoms with Crippen molar-refractivity contribution in [2.24, 2.45) is 0 Å². The van der Waals surface area contributed by atoms with Crippen LogP contribution >= 0.6 is 0 Å². The standard InChI is InChI=1S/2C7H6O8S2.2Na/c2*8-7(9)4-1-5(16(10,11)12)3-6(2-4)17(13,14)15;;/h2*1-3H,(H,8,9)(H,10,11,12)(H,13,14,15);;/q;;2*+1/p-2. The average Bonchev–Trinajstić information content (AvgIpc) is 2.65. The maximum absolute atomic E-state index is 10.8. The largest absolute Gasteiger partial charge is 1.00 e. The fourth-order valence-electron chi connectivity index (χ4n) is 1.97. The van der Waals surface area contributed by atoms with Gasteiger partial charge in [0.1, 0.15) is 0 Å². The van der Waals surface area contributed by atoms with E-state index in [1.165, 1.54) is 0 Å². The first-order chi connectivity index (χ1) is 15.0. The summed E-state index contributed by atoms with van der Waals surface area (Å²) < 4.78 is 121. The molecule has 0 aliphatic carbocycles. The molecule has 0 bridgehead atoms. The molecule has 0 aromatic heterocycles. The Labute approximate surface area is 247 Å². The van der Waals surface area contributed by atoms with E-state index in [2.05, 4.69) is 0 Å². The van der Waals surface area contributed by atoms with Crippen molar-refractivity contribution in [2.45, 2.75) is 19.6 Å². The van der Waals surface area contributed by atoms with Gasteiger partial charge in [0, 0.05) is 0 Å². The van der Waals surface area contributed by atoms with E-state index in [0.717, 1.165) is 0 Å². The first-order valence-corrected chi connectivity index (χ1v) is 13.4. The zero-order chi connectivity index (χ0) is 26.9. The molecular weight excluding hydrogens is 598 g/mol. The van der Waals surface area contributed by atoms with Crippen molar-refractivity contribution in [1.82, 2.24) is 0 Å². The van der Waals surface area contributed by atoms with E-state index in [-0.39, 0.29) is 59.1 Å². The van der Waals surface area contributed by atoms with Gasteiger partial charge in [0.05, 0.1) is 31.5 Å². The van der Waals surface area contributed by atoms with Crippen molar-refractivity contribution in [3.63, 3.8) is 0 Å². The molecule has 0 fully saturated rings. The number of carboxylic acid groups (broad SMARTS) is 2. The second-order valence-electron chi connectivity index (χ2n) is 5.86. The van der Waals surface area contributed by atoms with Crippen LogP contribution in [-0.4, -0.2) is 63.8 Å². The molecule has 2 aromatic carbocycles. The molecule has 0 spiro atoms. The number of benzene rings is 2. The molecule has 0 saturated carbocycles. The third-order valence-electron chi connectivity index (χ3n) is 3.42. The second-order valence-corrected chi connectivity index (χ2v) is 11.5. The summed E-state index contributed by atoms with van der Waals surface area (Å²) in [6.45, 7) is 0. The maximum Gasteiger partial charge on any atom is 1.00 e. The molecule has 0 aliphatic heterocycles. The molecule has 36 heavy (non-hydrogen) atoms. The summed E-state index contributed by atoms with van der Waals surface area (Å²) in [6.07, 6.45) is 0. The summed E-state index contributed by atoms with van der Waals surface area (Å²) in [4.78, 5) is 17.1. The topological polar surface area (TPSA) is 298 Å². The van der Waals surface area contributed by atoms with Crippen LogP contribution in [0.4, 0.5) is 0 Å². The molecule has 16 nitrogen and oxygen atoms in total.